The molecule has 1 atom stereocenters. The number of nitrogens with zero attached hydrogens (tertiary/aromatic N) is 2. The van der Waals surface area contributed by atoms with Gasteiger partial charge in [-0.2, -0.15) is 0 Å². The van der Waals surface area contributed by atoms with E-state index in [-0.39, 0.29) is 6.61 Å². The Morgan fingerprint density at radius 3 is 3.00 bits per heavy atom. The summed E-state index contributed by atoms with van der Waals surface area (Å²) >= 11 is 6.71. The van der Waals surface area contributed by atoms with Crippen LogP contribution in [0.15, 0.2) is 0 Å². The third-order valence-electron chi connectivity index (χ3n) is 1.33. The van der Waals surface area contributed by atoms with Crippen LogP contribution in [0.1, 0.15) is 12.6 Å². The predicted molar refractivity (Wildman–Crippen MR) is 46.8 cm³/mol. The molecule has 0 saturated heterocycles. The minimum Gasteiger partial charge on any atom is -0.479 e. The molecule has 0 saturated carbocycles. The lowest BCUT2D eigenvalue weighted by molar-refractivity contribution is -0.149. The summed E-state index contributed by atoms with van der Waals surface area (Å²) in [5, 5.41) is 12.2. The standard InChI is InChI=1S/C6H7ClN2O3S/c1-3(6(10)11)12-2-4-5(7)13-9-8-4/h3H,2H2,1H3,(H,10,11)/t3-/m1/s1. The second-order valence-electron chi connectivity index (χ2n) is 2.28. The smallest absolute Gasteiger partial charge is 0.332 e. The lowest BCUT2D eigenvalue weighted by Crippen LogP contribution is -2.19. The minimum atomic E-state index is -1.01. The van der Waals surface area contributed by atoms with Gasteiger partial charge in [0.2, 0.25) is 0 Å². The minimum absolute atomic E-state index is 0.0722. The zero-order valence-corrected chi connectivity index (χ0v) is 8.30. The largest absolute Gasteiger partial charge is 0.479 e. The predicted octanol–water partition coefficient (Wildman–Crippen LogP) is 1.18. The fraction of sp³-hybridized carbons (Fsp3) is 0.500. The first-order chi connectivity index (χ1) is 6.11. The molecule has 0 fully saturated rings. The molecule has 72 valence electrons. The Kier molecular flexibility index (Phi) is 3.58. The summed E-state index contributed by atoms with van der Waals surface area (Å²) in [7, 11) is 0. The van der Waals surface area contributed by atoms with Crippen molar-refractivity contribution in [1.29, 1.82) is 0 Å². The summed E-state index contributed by atoms with van der Waals surface area (Å²) in [4.78, 5) is 10.4. The zero-order chi connectivity index (χ0) is 9.84. The van der Waals surface area contributed by atoms with Crippen LogP contribution in [-0.2, 0) is 16.1 Å². The summed E-state index contributed by atoms with van der Waals surface area (Å²) in [5.41, 5.74) is 0.472. The average Bonchev–Trinajstić information content (AvgIpc) is 2.47. The van der Waals surface area contributed by atoms with E-state index in [0.29, 0.717) is 10.0 Å². The summed E-state index contributed by atoms with van der Waals surface area (Å²) in [6.07, 6.45) is -0.863. The maximum Gasteiger partial charge on any atom is 0.332 e. The van der Waals surface area contributed by atoms with Gasteiger partial charge in [-0.3, -0.25) is 0 Å². The molecule has 0 spiro atoms. The molecule has 1 rings (SSSR count). The van der Waals surface area contributed by atoms with Gasteiger partial charge >= 0.3 is 5.97 Å². The van der Waals surface area contributed by atoms with E-state index >= 15 is 0 Å². The first-order valence-electron chi connectivity index (χ1n) is 3.42. The van der Waals surface area contributed by atoms with Gasteiger partial charge in [-0.25, -0.2) is 4.79 Å². The Morgan fingerprint density at radius 2 is 2.54 bits per heavy atom. The van der Waals surface area contributed by atoms with E-state index in [1.54, 1.807) is 0 Å². The second kappa shape index (κ2) is 4.50. The number of aromatic nitrogens is 2. The van der Waals surface area contributed by atoms with Crippen LogP contribution in [0.25, 0.3) is 0 Å². The molecule has 7 heteroatoms. The van der Waals surface area contributed by atoms with Crippen molar-refractivity contribution in [2.75, 3.05) is 0 Å². The number of carboxylic acid groups (broad SMARTS) is 1. The van der Waals surface area contributed by atoms with E-state index in [4.69, 9.17) is 21.4 Å². The van der Waals surface area contributed by atoms with Crippen LogP contribution in [0.5, 0.6) is 0 Å². The average molecular weight is 223 g/mol. The van der Waals surface area contributed by atoms with Gasteiger partial charge < -0.3 is 9.84 Å². The number of hydrogen-bond acceptors (Lipinski definition) is 5. The molecule has 13 heavy (non-hydrogen) atoms. The van der Waals surface area contributed by atoms with Crippen LogP contribution in [-0.4, -0.2) is 26.8 Å². The van der Waals surface area contributed by atoms with Crippen molar-refractivity contribution in [3.05, 3.63) is 10.0 Å². The van der Waals surface area contributed by atoms with E-state index in [1.165, 1.54) is 6.92 Å². The van der Waals surface area contributed by atoms with Gasteiger partial charge in [0.15, 0.2) is 6.10 Å². The molecular formula is C6H7ClN2O3S. The first kappa shape index (κ1) is 10.4. The summed E-state index contributed by atoms with van der Waals surface area (Å²) in [6, 6.07) is 0. The second-order valence-corrected chi connectivity index (χ2v) is 3.64. The molecule has 1 aromatic heterocycles. The lowest BCUT2D eigenvalue weighted by atomic mass is 10.4. The molecule has 0 unspecified atom stereocenters. The quantitative estimate of drug-likeness (QED) is 0.828. The van der Waals surface area contributed by atoms with Gasteiger partial charge in [-0.1, -0.05) is 16.1 Å². The Hall–Kier alpha value is -0.720. The zero-order valence-electron chi connectivity index (χ0n) is 6.73. The highest BCUT2D eigenvalue weighted by molar-refractivity contribution is 7.10. The fourth-order valence-corrected chi connectivity index (χ4v) is 1.16. The maximum absolute atomic E-state index is 10.4. The van der Waals surface area contributed by atoms with E-state index < -0.39 is 12.1 Å². The Bertz CT molecular complexity index is 304. The molecule has 0 amide bonds. The number of rotatable bonds is 4. The van der Waals surface area contributed by atoms with E-state index in [2.05, 4.69) is 9.59 Å². The SMILES string of the molecule is C[C@@H](OCc1nnsc1Cl)C(=O)O. The molecule has 5 nitrogen and oxygen atoms in total. The van der Waals surface area contributed by atoms with Crippen LogP contribution in [0.2, 0.25) is 4.34 Å². The molecular weight excluding hydrogens is 216 g/mol. The van der Waals surface area contributed by atoms with Crippen molar-refractivity contribution in [2.24, 2.45) is 0 Å². The number of ether oxygens (including phenoxy) is 1. The van der Waals surface area contributed by atoms with Gasteiger partial charge in [0.05, 0.1) is 6.61 Å². The van der Waals surface area contributed by atoms with E-state index in [1.807, 2.05) is 0 Å². The lowest BCUT2D eigenvalue weighted by Gasteiger charge is -2.05. The fourth-order valence-electron chi connectivity index (χ4n) is 0.558. The Balaban J connectivity index is 2.44. The molecule has 1 N–H and O–H groups in total. The van der Waals surface area contributed by atoms with Crippen molar-refractivity contribution in [2.45, 2.75) is 19.6 Å². The van der Waals surface area contributed by atoms with Gasteiger partial charge in [-0.05, 0) is 6.92 Å². The molecule has 1 aromatic rings. The summed E-state index contributed by atoms with van der Waals surface area (Å²) in [6.45, 7) is 1.51. The maximum atomic E-state index is 10.4. The first-order valence-corrected chi connectivity index (χ1v) is 4.57. The summed E-state index contributed by atoms with van der Waals surface area (Å²) in [5.74, 6) is -1.01. The molecule has 0 aromatic carbocycles. The highest BCUT2D eigenvalue weighted by Crippen LogP contribution is 2.18. The number of aliphatic carboxylic acids is 1. The van der Waals surface area contributed by atoms with Crippen LogP contribution < -0.4 is 0 Å². The van der Waals surface area contributed by atoms with Gasteiger partial charge in [0, 0.05) is 11.5 Å². The number of hydrogen-bond donors (Lipinski definition) is 1. The number of carbonyl (C=O) groups is 1. The molecule has 0 radical (unpaired) electrons. The van der Waals surface area contributed by atoms with E-state index in [9.17, 15) is 4.79 Å². The highest BCUT2D eigenvalue weighted by Gasteiger charge is 2.13. The van der Waals surface area contributed by atoms with Gasteiger partial charge in [0.25, 0.3) is 0 Å². The van der Waals surface area contributed by atoms with Gasteiger partial charge in [-0.15, -0.1) is 5.10 Å². The third kappa shape index (κ3) is 2.91. The Morgan fingerprint density at radius 1 is 1.85 bits per heavy atom. The van der Waals surface area contributed by atoms with Crippen molar-refractivity contribution in [3.63, 3.8) is 0 Å². The van der Waals surface area contributed by atoms with Crippen LogP contribution >= 0.6 is 23.1 Å². The van der Waals surface area contributed by atoms with Crippen molar-refractivity contribution >= 4 is 29.1 Å². The molecule has 0 aliphatic rings. The number of halogens is 1. The molecule has 0 aliphatic carbocycles. The summed E-state index contributed by atoms with van der Waals surface area (Å²) < 4.78 is 8.95. The van der Waals surface area contributed by atoms with Crippen LogP contribution in [0, 0.1) is 0 Å². The van der Waals surface area contributed by atoms with Crippen LogP contribution in [0.4, 0.5) is 0 Å². The normalized spacial score (nSPS) is 12.8. The van der Waals surface area contributed by atoms with Crippen molar-refractivity contribution in [3.8, 4) is 0 Å². The van der Waals surface area contributed by atoms with Crippen LogP contribution in [0.3, 0.4) is 0 Å². The topological polar surface area (TPSA) is 72.3 Å². The van der Waals surface area contributed by atoms with E-state index in [0.717, 1.165) is 11.5 Å². The molecule has 0 aliphatic heterocycles. The van der Waals surface area contributed by atoms with Crippen molar-refractivity contribution < 1.29 is 14.6 Å². The third-order valence-corrected chi connectivity index (χ3v) is 2.31. The molecule has 0 bridgehead atoms. The van der Waals surface area contributed by atoms with Gasteiger partial charge in [0.1, 0.15) is 10.0 Å². The molecule has 1 heterocycles. The van der Waals surface area contributed by atoms with Crippen molar-refractivity contribution in [1.82, 2.24) is 9.59 Å². The number of carboxylic acids is 1. The monoisotopic (exact) mass is 222 g/mol. The highest BCUT2D eigenvalue weighted by atomic mass is 35.5. The Labute approximate surface area is 83.5 Å².